The molecule has 1 unspecified atom stereocenters. The van der Waals surface area contributed by atoms with Crippen molar-refractivity contribution in [3.8, 4) is 0 Å². The standard InChI is InChI=1S/C15H19ClN2O4/c1-21-9-11-4-3-7-18(11)15(20)17-10-5-6-12(13(16)8-10)14(19)22-2/h5-6,8,11H,3-4,7,9H2,1-2H3,(H,17,20). The summed E-state index contributed by atoms with van der Waals surface area (Å²) in [6, 6.07) is 4.58. The van der Waals surface area contributed by atoms with Crippen LogP contribution in [0, 0.1) is 0 Å². The van der Waals surface area contributed by atoms with Crippen molar-refractivity contribution in [2.75, 3.05) is 32.7 Å². The molecule has 7 heteroatoms. The van der Waals surface area contributed by atoms with E-state index in [-0.39, 0.29) is 22.7 Å². The van der Waals surface area contributed by atoms with E-state index in [1.165, 1.54) is 19.2 Å². The van der Waals surface area contributed by atoms with Crippen LogP contribution in [0.1, 0.15) is 23.2 Å². The Morgan fingerprint density at radius 3 is 2.82 bits per heavy atom. The van der Waals surface area contributed by atoms with Crippen molar-refractivity contribution in [1.82, 2.24) is 4.90 Å². The summed E-state index contributed by atoms with van der Waals surface area (Å²) in [4.78, 5) is 25.5. The first-order valence-corrected chi connectivity index (χ1v) is 7.39. The highest BCUT2D eigenvalue weighted by atomic mass is 35.5. The van der Waals surface area contributed by atoms with E-state index >= 15 is 0 Å². The molecule has 1 saturated heterocycles. The first kappa shape index (κ1) is 16.6. The van der Waals surface area contributed by atoms with E-state index in [9.17, 15) is 9.59 Å². The van der Waals surface area contributed by atoms with E-state index in [1.54, 1.807) is 18.1 Å². The molecule has 1 aliphatic rings. The number of nitrogens with one attached hydrogen (secondary N) is 1. The maximum absolute atomic E-state index is 12.3. The molecule has 0 saturated carbocycles. The van der Waals surface area contributed by atoms with E-state index in [2.05, 4.69) is 10.1 Å². The van der Waals surface area contributed by atoms with Gasteiger partial charge in [0, 0.05) is 19.3 Å². The van der Waals surface area contributed by atoms with E-state index in [1.807, 2.05) is 0 Å². The van der Waals surface area contributed by atoms with Gasteiger partial charge in [0.1, 0.15) is 0 Å². The van der Waals surface area contributed by atoms with Gasteiger partial charge in [0.25, 0.3) is 0 Å². The summed E-state index contributed by atoms with van der Waals surface area (Å²) in [6.45, 7) is 1.23. The second kappa shape index (κ2) is 7.47. The van der Waals surface area contributed by atoms with Gasteiger partial charge in [-0.1, -0.05) is 11.6 Å². The van der Waals surface area contributed by atoms with Crippen molar-refractivity contribution < 1.29 is 19.1 Å². The van der Waals surface area contributed by atoms with Crippen molar-refractivity contribution in [3.63, 3.8) is 0 Å². The summed E-state index contributed by atoms with van der Waals surface area (Å²) < 4.78 is 9.76. The van der Waals surface area contributed by atoms with Gasteiger partial charge in [0.05, 0.1) is 30.3 Å². The number of ether oxygens (including phenoxy) is 2. The Morgan fingerprint density at radius 2 is 2.18 bits per heavy atom. The highest BCUT2D eigenvalue weighted by Gasteiger charge is 2.28. The van der Waals surface area contributed by atoms with E-state index < -0.39 is 5.97 Å². The molecule has 0 aliphatic carbocycles. The van der Waals surface area contributed by atoms with E-state index in [0.717, 1.165) is 12.8 Å². The number of rotatable bonds is 4. The smallest absolute Gasteiger partial charge is 0.339 e. The lowest BCUT2D eigenvalue weighted by Gasteiger charge is -2.24. The number of esters is 1. The van der Waals surface area contributed by atoms with Crippen LogP contribution in [0.15, 0.2) is 18.2 Å². The molecule has 1 fully saturated rings. The predicted octanol–water partition coefficient (Wildman–Crippen LogP) is 2.77. The summed E-state index contributed by atoms with van der Waals surface area (Å²) in [5.74, 6) is -0.512. The first-order valence-electron chi connectivity index (χ1n) is 7.01. The highest BCUT2D eigenvalue weighted by molar-refractivity contribution is 6.33. The number of carbonyl (C=O) groups excluding carboxylic acids is 2. The maximum Gasteiger partial charge on any atom is 0.339 e. The summed E-state index contributed by atoms with van der Waals surface area (Å²) in [5, 5.41) is 3.03. The number of likely N-dealkylation sites (tertiary alicyclic amines) is 1. The molecule has 120 valence electrons. The summed E-state index contributed by atoms with van der Waals surface area (Å²) in [6.07, 6.45) is 1.90. The minimum absolute atomic E-state index is 0.0924. The molecular weight excluding hydrogens is 308 g/mol. The van der Waals surface area contributed by atoms with Crippen LogP contribution in [-0.4, -0.2) is 50.3 Å². The molecule has 1 N–H and O–H groups in total. The van der Waals surface area contributed by atoms with Crippen LogP contribution < -0.4 is 5.32 Å². The molecule has 2 rings (SSSR count). The lowest BCUT2D eigenvalue weighted by Crippen LogP contribution is -2.40. The number of carbonyl (C=O) groups is 2. The normalized spacial score (nSPS) is 17.4. The van der Waals surface area contributed by atoms with Crippen LogP contribution in [0.3, 0.4) is 0 Å². The Morgan fingerprint density at radius 1 is 1.41 bits per heavy atom. The zero-order valence-corrected chi connectivity index (χ0v) is 13.4. The monoisotopic (exact) mass is 326 g/mol. The Balaban J connectivity index is 2.05. The molecule has 1 aromatic rings. The van der Waals surface area contributed by atoms with Gasteiger partial charge in [0.2, 0.25) is 0 Å². The van der Waals surface area contributed by atoms with Crippen LogP contribution in [0.2, 0.25) is 5.02 Å². The third-order valence-corrected chi connectivity index (χ3v) is 3.94. The fourth-order valence-corrected chi connectivity index (χ4v) is 2.79. The fourth-order valence-electron chi connectivity index (χ4n) is 2.53. The first-order chi connectivity index (χ1) is 10.6. The number of nitrogens with zero attached hydrogens (tertiary/aromatic N) is 1. The van der Waals surface area contributed by atoms with Gasteiger partial charge in [0.15, 0.2) is 0 Å². The van der Waals surface area contributed by atoms with Crippen LogP contribution in [-0.2, 0) is 9.47 Å². The van der Waals surface area contributed by atoms with Crippen LogP contribution >= 0.6 is 11.6 Å². The van der Waals surface area contributed by atoms with Crippen molar-refractivity contribution >= 4 is 29.3 Å². The second-order valence-electron chi connectivity index (χ2n) is 5.06. The van der Waals surface area contributed by atoms with Crippen molar-refractivity contribution in [3.05, 3.63) is 28.8 Å². The topological polar surface area (TPSA) is 67.9 Å². The lowest BCUT2D eigenvalue weighted by molar-refractivity contribution is 0.0601. The third kappa shape index (κ3) is 3.69. The van der Waals surface area contributed by atoms with Gasteiger partial charge < -0.3 is 19.7 Å². The average Bonchev–Trinajstić information content (AvgIpc) is 2.95. The maximum atomic E-state index is 12.3. The van der Waals surface area contributed by atoms with Gasteiger partial charge in [-0.25, -0.2) is 9.59 Å². The molecule has 6 nitrogen and oxygen atoms in total. The molecule has 1 atom stereocenters. The number of urea groups is 1. The Hall–Kier alpha value is -1.79. The largest absolute Gasteiger partial charge is 0.465 e. The van der Waals surface area contributed by atoms with E-state index in [4.69, 9.17) is 16.3 Å². The SMILES string of the molecule is COCC1CCCN1C(=O)Nc1ccc(C(=O)OC)c(Cl)c1. The summed E-state index contributed by atoms with van der Waals surface area (Å²) in [7, 11) is 2.91. The van der Waals surface area contributed by atoms with E-state index in [0.29, 0.717) is 18.8 Å². The van der Waals surface area contributed by atoms with Gasteiger partial charge in [-0.2, -0.15) is 0 Å². The minimum atomic E-state index is -0.512. The molecule has 1 aliphatic heterocycles. The third-order valence-electron chi connectivity index (χ3n) is 3.62. The Kier molecular flexibility index (Phi) is 5.63. The number of methoxy groups -OCH3 is 2. The van der Waals surface area contributed by atoms with Crippen LogP contribution in [0.25, 0.3) is 0 Å². The highest BCUT2D eigenvalue weighted by Crippen LogP contribution is 2.23. The minimum Gasteiger partial charge on any atom is -0.465 e. The molecule has 1 aromatic carbocycles. The zero-order valence-electron chi connectivity index (χ0n) is 12.6. The number of hydrogen-bond acceptors (Lipinski definition) is 4. The average molecular weight is 327 g/mol. The number of benzene rings is 1. The quantitative estimate of drug-likeness (QED) is 0.864. The molecule has 0 bridgehead atoms. The molecule has 0 aromatic heterocycles. The Bertz CT molecular complexity index is 564. The second-order valence-corrected chi connectivity index (χ2v) is 5.47. The number of anilines is 1. The number of halogens is 1. The lowest BCUT2D eigenvalue weighted by atomic mass is 10.2. The molecule has 1 heterocycles. The van der Waals surface area contributed by atoms with Crippen molar-refractivity contribution in [1.29, 1.82) is 0 Å². The van der Waals surface area contributed by atoms with Crippen LogP contribution in [0.5, 0.6) is 0 Å². The van der Waals surface area contributed by atoms with Gasteiger partial charge in [-0.05, 0) is 31.0 Å². The van der Waals surface area contributed by atoms with Crippen molar-refractivity contribution in [2.24, 2.45) is 0 Å². The molecule has 0 radical (unpaired) electrons. The summed E-state index contributed by atoms with van der Waals surface area (Å²) in [5.41, 5.74) is 0.798. The predicted molar refractivity (Wildman–Crippen MR) is 83.4 cm³/mol. The molecule has 0 spiro atoms. The number of hydrogen-bond donors (Lipinski definition) is 1. The van der Waals surface area contributed by atoms with Gasteiger partial charge in [-0.15, -0.1) is 0 Å². The van der Waals surface area contributed by atoms with Gasteiger partial charge in [-0.3, -0.25) is 0 Å². The van der Waals surface area contributed by atoms with Crippen LogP contribution in [0.4, 0.5) is 10.5 Å². The zero-order chi connectivity index (χ0) is 16.1. The molecule has 22 heavy (non-hydrogen) atoms. The fraction of sp³-hybridized carbons (Fsp3) is 0.467. The summed E-state index contributed by atoms with van der Waals surface area (Å²) >= 11 is 6.04. The number of amides is 2. The van der Waals surface area contributed by atoms with Gasteiger partial charge >= 0.3 is 12.0 Å². The van der Waals surface area contributed by atoms with Crippen molar-refractivity contribution in [2.45, 2.75) is 18.9 Å². The Labute approximate surface area is 134 Å². The molecule has 2 amide bonds. The molecular formula is C15H19ClN2O4.